The van der Waals surface area contributed by atoms with E-state index in [1.165, 1.54) is 24.7 Å². The molecule has 1 unspecified atom stereocenters. The summed E-state index contributed by atoms with van der Waals surface area (Å²) in [7, 11) is -2.22. The summed E-state index contributed by atoms with van der Waals surface area (Å²) in [6.07, 6.45) is 2.18. The second-order valence-corrected chi connectivity index (χ2v) is 9.65. The zero-order valence-corrected chi connectivity index (χ0v) is 17.6. The van der Waals surface area contributed by atoms with Crippen molar-refractivity contribution in [3.05, 3.63) is 66.2 Å². The van der Waals surface area contributed by atoms with Crippen LogP contribution in [0.25, 0.3) is 0 Å². The summed E-state index contributed by atoms with van der Waals surface area (Å²) < 4.78 is 26.2. The molecule has 1 aliphatic rings. The Kier molecular flexibility index (Phi) is 7.41. The molecule has 7 heteroatoms. The van der Waals surface area contributed by atoms with Crippen molar-refractivity contribution in [3.8, 4) is 0 Å². The SMILES string of the molecule is CN(CC(=O)NCC1CCCN(Cc2ccccc2)C1)S(=O)(=O)c1ccccc1. The van der Waals surface area contributed by atoms with E-state index in [0.29, 0.717) is 12.5 Å². The van der Waals surface area contributed by atoms with Crippen LogP contribution in [-0.2, 0) is 21.4 Å². The van der Waals surface area contributed by atoms with E-state index in [4.69, 9.17) is 0 Å². The predicted octanol–water partition coefficient (Wildman–Crippen LogP) is 2.34. The fourth-order valence-corrected chi connectivity index (χ4v) is 4.83. The van der Waals surface area contributed by atoms with Gasteiger partial charge in [0.2, 0.25) is 15.9 Å². The number of nitrogens with zero attached hydrogens (tertiary/aromatic N) is 2. The molecule has 0 aliphatic carbocycles. The molecule has 6 nitrogen and oxygen atoms in total. The number of carbonyl (C=O) groups excluding carboxylic acids is 1. The summed E-state index contributed by atoms with van der Waals surface area (Å²) in [5.74, 6) is 0.111. The predicted molar refractivity (Wildman–Crippen MR) is 114 cm³/mol. The molecule has 1 atom stereocenters. The van der Waals surface area contributed by atoms with Crippen LogP contribution >= 0.6 is 0 Å². The highest BCUT2D eigenvalue weighted by Gasteiger charge is 2.24. The van der Waals surface area contributed by atoms with E-state index in [0.717, 1.165) is 36.8 Å². The van der Waals surface area contributed by atoms with E-state index in [1.54, 1.807) is 18.2 Å². The molecule has 1 N–H and O–H groups in total. The Morgan fingerprint density at radius 1 is 1.10 bits per heavy atom. The molecule has 0 aromatic heterocycles. The molecular formula is C22H29N3O3S. The number of hydrogen-bond donors (Lipinski definition) is 1. The van der Waals surface area contributed by atoms with Gasteiger partial charge in [-0.15, -0.1) is 0 Å². The van der Waals surface area contributed by atoms with Crippen molar-refractivity contribution in [3.63, 3.8) is 0 Å². The normalized spacial score (nSPS) is 17.9. The molecule has 0 spiro atoms. The van der Waals surface area contributed by atoms with Crippen LogP contribution in [0.15, 0.2) is 65.6 Å². The Morgan fingerprint density at radius 3 is 2.45 bits per heavy atom. The number of hydrogen-bond acceptors (Lipinski definition) is 4. The number of rotatable bonds is 8. The van der Waals surface area contributed by atoms with Crippen molar-refractivity contribution in [1.82, 2.24) is 14.5 Å². The summed E-state index contributed by atoms with van der Waals surface area (Å²) in [5, 5.41) is 2.92. The van der Waals surface area contributed by atoms with Gasteiger partial charge in [-0.3, -0.25) is 9.69 Å². The molecule has 1 heterocycles. The van der Waals surface area contributed by atoms with Crippen LogP contribution in [0.3, 0.4) is 0 Å². The minimum Gasteiger partial charge on any atom is -0.355 e. The van der Waals surface area contributed by atoms with Gasteiger partial charge in [-0.2, -0.15) is 4.31 Å². The summed E-state index contributed by atoms with van der Waals surface area (Å²) in [6, 6.07) is 18.6. The third kappa shape index (κ3) is 6.13. The molecule has 2 aromatic carbocycles. The van der Waals surface area contributed by atoms with Crippen LogP contribution < -0.4 is 5.32 Å². The monoisotopic (exact) mass is 415 g/mol. The first-order valence-electron chi connectivity index (χ1n) is 9.99. The van der Waals surface area contributed by atoms with Crippen molar-refractivity contribution in [1.29, 1.82) is 0 Å². The molecular weight excluding hydrogens is 386 g/mol. The zero-order valence-electron chi connectivity index (χ0n) is 16.8. The van der Waals surface area contributed by atoms with Crippen LogP contribution in [0.1, 0.15) is 18.4 Å². The lowest BCUT2D eigenvalue weighted by atomic mass is 9.97. The van der Waals surface area contributed by atoms with Gasteiger partial charge in [0, 0.05) is 26.7 Å². The van der Waals surface area contributed by atoms with Gasteiger partial charge in [-0.25, -0.2) is 8.42 Å². The molecule has 156 valence electrons. The van der Waals surface area contributed by atoms with Crippen molar-refractivity contribution in [2.24, 2.45) is 5.92 Å². The van der Waals surface area contributed by atoms with Gasteiger partial charge in [0.15, 0.2) is 0 Å². The van der Waals surface area contributed by atoms with Gasteiger partial charge >= 0.3 is 0 Å². The van der Waals surface area contributed by atoms with Crippen LogP contribution in [0, 0.1) is 5.92 Å². The molecule has 0 radical (unpaired) electrons. The average molecular weight is 416 g/mol. The van der Waals surface area contributed by atoms with Crippen LogP contribution in [0.5, 0.6) is 0 Å². The van der Waals surface area contributed by atoms with Crippen molar-refractivity contribution in [2.45, 2.75) is 24.3 Å². The molecule has 0 saturated carbocycles. The number of amides is 1. The largest absolute Gasteiger partial charge is 0.355 e. The average Bonchev–Trinajstić information content (AvgIpc) is 2.74. The Balaban J connectivity index is 1.46. The van der Waals surface area contributed by atoms with Crippen LogP contribution in [0.2, 0.25) is 0 Å². The molecule has 1 aliphatic heterocycles. The Bertz CT molecular complexity index is 888. The lowest BCUT2D eigenvalue weighted by Gasteiger charge is -2.33. The summed E-state index contributed by atoms with van der Waals surface area (Å²) >= 11 is 0. The maximum Gasteiger partial charge on any atom is 0.243 e. The quantitative estimate of drug-likeness (QED) is 0.719. The summed E-state index contributed by atoms with van der Waals surface area (Å²) in [4.78, 5) is 14.9. The van der Waals surface area contributed by atoms with Crippen molar-refractivity contribution < 1.29 is 13.2 Å². The first-order chi connectivity index (χ1) is 13.9. The highest BCUT2D eigenvalue weighted by atomic mass is 32.2. The van der Waals surface area contributed by atoms with Crippen molar-refractivity contribution in [2.75, 3.05) is 33.2 Å². The van der Waals surface area contributed by atoms with E-state index >= 15 is 0 Å². The summed E-state index contributed by atoms with van der Waals surface area (Å²) in [5.41, 5.74) is 1.30. The lowest BCUT2D eigenvalue weighted by Crippen LogP contribution is -2.43. The maximum atomic E-state index is 12.5. The van der Waals surface area contributed by atoms with Gasteiger partial charge in [-0.05, 0) is 43.0 Å². The second-order valence-electron chi connectivity index (χ2n) is 7.61. The molecule has 2 aromatic rings. The van der Waals surface area contributed by atoms with Gasteiger partial charge in [-0.1, -0.05) is 48.5 Å². The summed E-state index contributed by atoms with van der Waals surface area (Å²) in [6.45, 7) is 3.31. The fraction of sp³-hybridized carbons (Fsp3) is 0.409. The molecule has 1 amide bonds. The third-order valence-corrected chi connectivity index (χ3v) is 7.08. The Hall–Kier alpha value is -2.22. The Labute approximate surface area is 173 Å². The number of benzene rings is 2. The molecule has 1 saturated heterocycles. The number of piperidine rings is 1. The third-order valence-electron chi connectivity index (χ3n) is 5.26. The number of likely N-dealkylation sites (tertiary alicyclic amines) is 1. The number of nitrogens with one attached hydrogen (secondary N) is 1. The smallest absolute Gasteiger partial charge is 0.243 e. The van der Waals surface area contributed by atoms with Gasteiger partial charge in [0.05, 0.1) is 11.4 Å². The molecule has 0 bridgehead atoms. The molecule has 3 rings (SSSR count). The topological polar surface area (TPSA) is 69.7 Å². The number of likely N-dealkylation sites (N-methyl/N-ethyl adjacent to an activating group) is 1. The van der Waals surface area contributed by atoms with Crippen LogP contribution in [-0.4, -0.2) is 56.8 Å². The van der Waals surface area contributed by atoms with Gasteiger partial charge < -0.3 is 5.32 Å². The maximum absolute atomic E-state index is 12.5. The Morgan fingerprint density at radius 2 is 1.76 bits per heavy atom. The van der Waals surface area contributed by atoms with E-state index < -0.39 is 10.0 Å². The van der Waals surface area contributed by atoms with Crippen LogP contribution in [0.4, 0.5) is 0 Å². The number of sulfonamides is 1. The van der Waals surface area contributed by atoms with E-state index in [2.05, 4.69) is 34.5 Å². The van der Waals surface area contributed by atoms with E-state index in [1.807, 2.05) is 6.07 Å². The fourth-order valence-electron chi connectivity index (χ4n) is 3.68. The second kappa shape index (κ2) is 10.0. The minimum atomic E-state index is -3.66. The highest BCUT2D eigenvalue weighted by molar-refractivity contribution is 7.89. The first-order valence-corrected chi connectivity index (χ1v) is 11.4. The zero-order chi connectivity index (χ0) is 20.7. The van der Waals surface area contributed by atoms with Crippen molar-refractivity contribution >= 4 is 15.9 Å². The number of carbonyl (C=O) groups is 1. The standard InChI is InChI=1S/C22H29N3O3S/c1-24(29(27,28)21-12-6-3-7-13-21)18-22(26)23-15-20-11-8-14-25(17-20)16-19-9-4-2-5-10-19/h2-7,9-10,12-13,20H,8,11,14-18H2,1H3,(H,23,26). The van der Waals surface area contributed by atoms with E-state index in [-0.39, 0.29) is 17.3 Å². The highest BCUT2D eigenvalue weighted by Crippen LogP contribution is 2.18. The van der Waals surface area contributed by atoms with Gasteiger partial charge in [0.25, 0.3) is 0 Å². The van der Waals surface area contributed by atoms with E-state index in [9.17, 15) is 13.2 Å². The lowest BCUT2D eigenvalue weighted by molar-refractivity contribution is -0.121. The minimum absolute atomic E-state index is 0.183. The molecule has 1 fully saturated rings. The first kappa shape index (κ1) is 21.5. The molecule has 29 heavy (non-hydrogen) atoms. The van der Waals surface area contributed by atoms with Gasteiger partial charge in [0.1, 0.15) is 0 Å².